The minimum absolute atomic E-state index is 0.0961. The molecule has 0 radical (unpaired) electrons. The highest BCUT2D eigenvalue weighted by molar-refractivity contribution is 7.12. The number of aromatic nitrogens is 3. The zero-order valence-electron chi connectivity index (χ0n) is 17.1. The Morgan fingerprint density at radius 2 is 1.87 bits per heavy atom. The molecule has 30 heavy (non-hydrogen) atoms. The maximum atomic E-state index is 13.3. The Kier molecular flexibility index (Phi) is 5.63. The van der Waals surface area contributed by atoms with Gasteiger partial charge in [-0.1, -0.05) is 26.0 Å². The molecule has 0 unspecified atom stereocenters. The summed E-state index contributed by atoms with van der Waals surface area (Å²) in [5, 5.41) is 4.00. The number of aromatic amines is 1. The maximum absolute atomic E-state index is 13.3. The fraction of sp³-hybridized carbons (Fsp3) is 0.261. The molecule has 0 bridgehead atoms. The highest BCUT2D eigenvalue weighted by atomic mass is 32.1. The number of carbonyl (C=O) groups is 1. The average Bonchev–Trinajstić information content (AvgIpc) is 3.29. The van der Waals surface area contributed by atoms with E-state index in [1.54, 1.807) is 12.1 Å². The molecule has 4 aromatic rings. The van der Waals surface area contributed by atoms with Gasteiger partial charge in [0.15, 0.2) is 0 Å². The molecule has 2 aromatic heterocycles. The predicted molar refractivity (Wildman–Crippen MR) is 118 cm³/mol. The summed E-state index contributed by atoms with van der Waals surface area (Å²) in [6.07, 6.45) is 0.210. The second-order valence-electron chi connectivity index (χ2n) is 7.62. The van der Waals surface area contributed by atoms with E-state index in [2.05, 4.69) is 34.1 Å². The van der Waals surface area contributed by atoms with Crippen molar-refractivity contribution in [2.24, 2.45) is 5.92 Å². The fourth-order valence-electron chi connectivity index (χ4n) is 3.46. The number of benzene rings is 2. The van der Waals surface area contributed by atoms with Crippen LogP contribution in [-0.2, 0) is 11.2 Å². The van der Waals surface area contributed by atoms with E-state index in [0.29, 0.717) is 0 Å². The standard InChI is InChI=1S/C23H23FN4OS/c1-13(2)21(23-26-17-6-4-5-7-18(17)27-23)28-20(29)12-19-22(25-14(3)30-19)15-8-10-16(24)11-9-15/h4-11,13,21H,12H2,1-3H3,(H,26,27)(H,28,29)/t21-/m1/s1. The molecule has 1 amide bonds. The van der Waals surface area contributed by atoms with Gasteiger partial charge in [0.25, 0.3) is 0 Å². The first-order valence-electron chi connectivity index (χ1n) is 9.87. The number of nitrogens with one attached hydrogen (secondary N) is 2. The highest BCUT2D eigenvalue weighted by Gasteiger charge is 2.23. The SMILES string of the molecule is Cc1nc(-c2ccc(F)cc2)c(CC(=O)N[C@@H](c2nc3ccccc3[nH]2)C(C)C)s1. The van der Waals surface area contributed by atoms with Crippen molar-refractivity contribution in [2.75, 3.05) is 0 Å². The molecule has 0 saturated carbocycles. The third kappa shape index (κ3) is 4.26. The molecule has 7 heteroatoms. The molecule has 0 saturated heterocycles. The molecule has 4 rings (SSSR count). The number of thiazole rings is 1. The van der Waals surface area contributed by atoms with Gasteiger partial charge in [-0.05, 0) is 49.2 Å². The number of rotatable bonds is 6. The second kappa shape index (κ2) is 8.36. The van der Waals surface area contributed by atoms with Crippen LogP contribution in [-0.4, -0.2) is 20.9 Å². The number of fused-ring (bicyclic) bond motifs is 1. The zero-order valence-corrected chi connectivity index (χ0v) is 17.9. The molecule has 5 nitrogen and oxygen atoms in total. The summed E-state index contributed by atoms with van der Waals surface area (Å²) >= 11 is 1.49. The Morgan fingerprint density at radius 3 is 2.57 bits per heavy atom. The number of H-pyrrole nitrogens is 1. The summed E-state index contributed by atoms with van der Waals surface area (Å²) < 4.78 is 13.3. The van der Waals surface area contributed by atoms with Crippen LogP contribution in [0.3, 0.4) is 0 Å². The number of hydrogen-bond acceptors (Lipinski definition) is 4. The molecule has 154 valence electrons. The summed E-state index contributed by atoms with van der Waals surface area (Å²) in [4.78, 5) is 26.3. The Hall–Kier alpha value is -3.06. The summed E-state index contributed by atoms with van der Waals surface area (Å²) in [6, 6.07) is 13.8. The lowest BCUT2D eigenvalue weighted by molar-refractivity contribution is -0.121. The first-order valence-corrected chi connectivity index (χ1v) is 10.7. The van der Waals surface area contributed by atoms with Gasteiger partial charge in [0.1, 0.15) is 11.6 Å². The van der Waals surface area contributed by atoms with E-state index < -0.39 is 0 Å². The fourth-order valence-corrected chi connectivity index (χ4v) is 4.42. The molecule has 1 atom stereocenters. The van der Waals surface area contributed by atoms with E-state index in [-0.39, 0.29) is 30.1 Å². The molecule has 2 heterocycles. The van der Waals surface area contributed by atoms with Crippen LogP contribution in [0.1, 0.15) is 35.6 Å². The monoisotopic (exact) mass is 422 g/mol. The molecular formula is C23H23FN4OS. The van der Waals surface area contributed by atoms with Crippen molar-refractivity contribution in [2.45, 2.75) is 33.2 Å². The van der Waals surface area contributed by atoms with Crippen LogP contribution in [0.4, 0.5) is 4.39 Å². The number of amides is 1. The van der Waals surface area contributed by atoms with Gasteiger partial charge in [-0.2, -0.15) is 0 Å². The normalized spacial score (nSPS) is 12.4. The Labute approximate surface area is 178 Å². The Balaban J connectivity index is 1.55. The van der Waals surface area contributed by atoms with Crippen LogP contribution in [0.15, 0.2) is 48.5 Å². The van der Waals surface area contributed by atoms with E-state index >= 15 is 0 Å². The topological polar surface area (TPSA) is 70.7 Å². The van der Waals surface area contributed by atoms with Crippen molar-refractivity contribution in [3.05, 3.63) is 70.1 Å². The van der Waals surface area contributed by atoms with E-state index in [0.717, 1.165) is 38.0 Å². The van der Waals surface area contributed by atoms with Gasteiger partial charge in [-0.25, -0.2) is 14.4 Å². The van der Waals surface area contributed by atoms with E-state index in [1.165, 1.54) is 23.5 Å². The van der Waals surface area contributed by atoms with Crippen molar-refractivity contribution in [1.29, 1.82) is 0 Å². The second-order valence-corrected chi connectivity index (χ2v) is 8.90. The van der Waals surface area contributed by atoms with Crippen molar-refractivity contribution >= 4 is 28.3 Å². The average molecular weight is 423 g/mol. The van der Waals surface area contributed by atoms with Crippen LogP contribution in [0.25, 0.3) is 22.3 Å². The first kappa shape index (κ1) is 20.2. The van der Waals surface area contributed by atoms with Crippen molar-refractivity contribution in [1.82, 2.24) is 20.3 Å². The van der Waals surface area contributed by atoms with Crippen LogP contribution >= 0.6 is 11.3 Å². The molecular weight excluding hydrogens is 399 g/mol. The number of imidazole rings is 1. The van der Waals surface area contributed by atoms with Gasteiger partial charge in [-0.3, -0.25) is 4.79 Å². The van der Waals surface area contributed by atoms with Gasteiger partial charge in [0, 0.05) is 10.4 Å². The zero-order chi connectivity index (χ0) is 21.3. The summed E-state index contributed by atoms with van der Waals surface area (Å²) in [5.74, 6) is 0.518. The molecule has 0 spiro atoms. The van der Waals surface area contributed by atoms with Gasteiger partial charge < -0.3 is 10.3 Å². The number of halogens is 1. The van der Waals surface area contributed by atoms with Crippen molar-refractivity contribution < 1.29 is 9.18 Å². The van der Waals surface area contributed by atoms with Gasteiger partial charge in [0.2, 0.25) is 5.91 Å². The first-order chi connectivity index (χ1) is 14.4. The third-order valence-electron chi connectivity index (χ3n) is 4.93. The minimum atomic E-state index is -0.296. The summed E-state index contributed by atoms with van der Waals surface area (Å²) in [7, 11) is 0. The van der Waals surface area contributed by atoms with Gasteiger partial charge >= 0.3 is 0 Å². The van der Waals surface area contributed by atoms with Crippen LogP contribution < -0.4 is 5.32 Å². The van der Waals surface area contributed by atoms with Crippen LogP contribution in [0, 0.1) is 18.7 Å². The molecule has 0 aliphatic rings. The Morgan fingerprint density at radius 1 is 1.13 bits per heavy atom. The lowest BCUT2D eigenvalue weighted by Gasteiger charge is -2.20. The van der Waals surface area contributed by atoms with Crippen molar-refractivity contribution in [3.8, 4) is 11.3 Å². The lowest BCUT2D eigenvalue weighted by atomic mass is 10.0. The van der Waals surface area contributed by atoms with Crippen molar-refractivity contribution in [3.63, 3.8) is 0 Å². The van der Waals surface area contributed by atoms with Crippen LogP contribution in [0.2, 0.25) is 0 Å². The lowest BCUT2D eigenvalue weighted by Crippen LogP contribution is -2.33. The summed E-state index contributed by atoms with van der Waals surface area (Å²) in [6.45, 7) is 6.02. The smallest absolute Gasteiger partial charge is 0.225 e. The molecule has 0 aliphatic heterocycles. The highest BCUT2D eigenvalue weighted by Crippen LogP contribution is 2.29. The number of aryl methyl sites for hydroxylation is 1. The predicted octanol–water partition coefficient (Wildman–Crippen LogP) is 5.19. The number of carbonyl (C=O) groups excluding carboxylic acids is 1. The van der Waals surface area contributed by atoms with Crippen LogP contribution in [0.5, 0.6) is 0 Å². The minimum Gasteiger partial charge on any atom is -0.346 e. The third-order valence-corrected chi connectivity index (χ3v) is 5.90. The largest absolute Gasteiger partial charge is 0.346 e. The Bertz CT molecular complexity index is 1150. The van der Waals surface area contributed by atoms with E-state index in [4.69, 9.17) is 0 Å². The molecule has 0 fully saturated rings. The quantitative estimate of drug-likeness (QED) is 0.449. The number of nitrogens with zero attached hydrogens (tertiary/aromatic N) is 2. The maximum Gasteiger partial charge on any atom is 0.225 e. The van der Waals surface area contributed by atoms with Gasteiger partial charge in [0.05, 0.1) is 34.2 Å². The van der Waals surface area contributed by atoms with Gasteiger partial charge in [-0.15, -0.1) is 11.3 Å². The van der Waals surface area contributed by atoms with E-state index in [1.807, 2.05) is 31.2 Å². The molecule has 2 aromatic carbocycles. The molecule has 0 aliphatic carbocycles. The summed E-state index contributed by atoms with van der Waals surface area (Å²) in [5.41, 5.74) is 3.37. The number of para-hydroxylation sites is 2. The number of hydrogen-bond donors (Lipinski definition) is 2. The molecule has 2 N–H and O–H groups in total. The van der Waals surface area contributed by atoms with E-state index in [9.17, 15) is 9.18 Å².